The standard InChI is InChI=1S/C28H46N4O7S4.C23H38N4O5S4.C20H26N4O11.C7H14N2OS2.C2H6.5H2/c1-28(2,3)39-27(38)31-15-14-22(35)32(16-18(33)10-6-4-8-12-20(23(29)36)25-40-41-25)17-19(34)11-7-5-9-13-21(24(30)37)26-42-43-26;24-12-11-19(30)27(13-15(28)7-3-1-5-9-17(20(25)31)22-33-34-22)14-16(29)8-4-2-6-10-18(21(26)32)23-35-36-23;1-20(2,3)33-19(32)21-9-8-12(25)22(10-17(30)34-23-13(26)4-5-14(23)27)11-18(31)35-24-15(28)6-7-16(24)29;8-4-2-1-3-5(6(9)10)7-11-12-7;1-2;;;;;/h20-21,25-26H,4-17H2,1-3H3,(H2,29,36)(H2,30,37)(H,31,38);17-18,22-23H,1-14,24H2,(H2,25,31)(H2,26,32);4-11H2,1-3H3,(H,21,32);5,7H,1-4,8H2,(H2,9,10);1-2H3;5*1H/t20-,21-;17-,18-;;5-;;;;;;/m00.0....../s1. The van der Waals surface area contributed by atoms with E-state index >= 15 is 0 Å². The Morgan fingerprint density at radius 1 is 0.344 bits per heavy atom. The molecule has 7 heterocycles. The van der Waals surface area contributed by atoms with Gasteiger partial charge in [-0.15, -0.1) is 10.1 Å². The van der Waals surface area contributed by atoms with Crippen molar-refractivity contribution < 1.29 is 122 Å². The zero-order valence-corrected chi connectivity index (χ0v) is 82.4. The van der Waals surface area contributed by atoms with Crippen molar-refractivity contribution in [1.29, 1.82) is 0 Å². The van der Waals surface area contributed by atoms with Crippen molar-refractivity contribution in [2.75, 3.05) is 65.4 Å². The highest BCUT2D eigenvalue weighted by atomic mass is 33.2. The van der Waals surface area contributed by atoms with Gasteiger partial charge in [0.05, 0.1) is 78.7 Å². The molecule has 0 aromatic carbocycles. The number of ether oxygens (including phenoxy) is 2. The molecule has 7 aliphatic rings. The van der Waals surface area contributed by atoms with Gasteiger partial charge in [0.1, 0.15) is 24.3 Å². The van der Waals surface area contributed by atoms with Crippen LogP contribution >= 0.6 is 108 Å². The molecule has 0 aromatic heterocycles. The number of hydrogen-bond donors (Lipinski definition) is 9. The van der Waals surface area contributed by atoms with Crippen LogP contribution in [-0.4, -0.2) is 243 Å². The van der Waals surface area contributed by atoms with Gasteiger partial charge < -0.3 is 84.6 Å². The number of hydroxylamine groups is 4. The third-order valence-corrected chi connectivity index (χ3v) is 30.9. The number of unbranched alkanes of at least 4 members (excludes halogenated alkanes) is 9. The van der Waals surface area contributed by atoms with E-state index in [2.05, 4.69) is 10.6 Å². The van der Waals surface area contributed by atoms with Gasteiger partial charge in [-0.25, -0.2) is 19.2 Å². The van der Waals surface area contributed by atoms with E-state index in [1.165, 1.54) is 9.80 Å². The monoisotopic (exact) mass is 2000 g/mol. The molecule has 0 aliphatic carbocycles. The number of nitrogens with zero attached hydrogens (tertiary/aromatic N) is 5. The van der Waals surface area contributed by atoms with Crippen molar-refractivity contribution >= 4 is 226 Å². The molecule has 128 heavy (non-hydrogen) atoms. The molecular weight excluding hydrogens is 1860 g/mol. The van der Waals surface area contributed by atoms with Gasteiger partial charge in [0, 0.05) is 97.4 Å². The summed E-state index contributed by atoms with van der Waals surface area (Å²) < 4.78 is 11.7. The SMILES string of the molecule is CC.CC(C)(C)OC(=O)NCCC(=O)N(CC(=O)CCCCC[C@@H](C(N)=O)C1SS1)CC(=O)CCCCC[C@@H](C(N)=O)C1SS1.CC(C)(C)OC(=O)NCCC(=O)N(CC(=O)ON1C(=O)CCC1=O)CC(=O)ON1C(=O)CCC1=O.NCCC(=O)N(CC(=O)CCCCC[C@@H](C(N)=O)C1SS1)CC(=O)CCCCC[C@@H](C(N)=O)C1SS1.NCCCC[C@@H](C(N)=O)C1SS1.[HH].[HH].[HH].[HH].[HH]. The Balaban J connectivity index is -0.00000175. The molecule has 0 aromatic rings. The maximum Gasteiger partial charge on any atom is 0.407 e. The van der Waals surface area contributed by atoms with Gasteiger partial charge >= 0.3 is 24.1 Å². The zero-order chi connectivity index (χ0) is 95.8. The Bertz CT molecular complexity index is 3580. The number of amides is 14. The van der Waals surface area contributed by atoms with E-state index in [4.69, 9.17) is 59.3 Å². The van der Waals surface area contributed by atoms with Gasteiger partial charge in [0.25, 0.3) is 23.6 Å². The van der Waals surface area contributed by atoms with Crippen molar-refractivity contribution in [1.82, 2.24) is 35.5 Å². The van der Waals surface area contributed by atoms with Gasteiger partial charge in [-0.2, -0.15) is 0 Å². The lowest BCUT2D eigenvalue weighted by Gasteiger charge is -2.23. The van der Waals surface area contributed by atoms with Crippen molar-refractivity contribution in [3.05, 3.63) is 0 Å². The van der Waals surface area contributed by atoms with Crippen molar-refractivity contribution in [2.24, 2.45) is 69.7 Å². The van der Waals surface area contributed by atoms with Crippen LogP contribution in [0.3, 0.4) is 0 Å². The van der Waals surface area contributed by atoms with Gasteiger partial charge in [-0.05, 0) is 112 Å². The number of primary amides is 5. The quantitative estimate of drug-likeness (QED) is 0.0118. The van der Waals surface area contributed by atoms with E-state index in [0.29, 0.717) is 67.4 Å². The first-order valence-corrected chi connectivity index (χ1v) is 54.3. The van der Waals surface area contributed by atoms with Crippen LogP contribution in [0.25, 0.3) is 0 Å². The van der Waals surface area contributed by atoms with Crippen molar-refractivity contribution in [3.63, 3.8) is 0 Å². The Morgan fingerprint density at radius 3 is 0.781 bits per heavy atom. The second-order valence-electron chi connectivity index (χ2n) is 32.4. The molecule has 38 nitrogen and oxygen atoms in total. The molecule has 7 saturated heterocycles. The molecule has 14 amide bonds. The van der Waals surface area contributed by atoms with E-state index in [-0.39, 0.29) is 227 Å². The summed E-state index contributed by atoms with van der Waals surface area (Å²) in [7, 11) is 16.8. The van der Waals surface area contributed by atoms with Crippen molar-refractivity contribution in [3.8, 4) is 0 Å². The number of alkyl carbamates (subject to hydrolysis) is 2. The Hall–Kier alpha value is -6.38. The minimum atomic E-state index is -1.21. The highest BCUT2D eigenvalue weighted by Gasteiger charge is 2.43. The molecule has 0 spiro atoms. The number of carbonyl (C=O) groups excluding carboxylic acids is 20. The molecule has 734 valence electrons. The van der Waals surface area contributed by atoms with Crippen LogP contribution in [-0.2, 0) is 105 Å². The Kier molecular flexibility index (Phi) is 56.2. The largest absolute Gasteiger partial charge is 0.444 e. The summed E-state index contributed by atoms with van der Waals surface area (Å²) >= 11 is 0. The van der Waals surface area contributed by atoms with Crippen molar-refractivity contribution in [2.45, 2.75) is 282 Å². The Morgan fingerprint density at radius 2 is 0.570 bits per heavy atom. The fourth-order valence-electron chi connectivity index (χ4n) is 12.4. The maximum atomic E-state index is 13.0. The molecule has 0 radical (unpaired) electrons. The fraction of sp³-hybridized carbons (Fsp3) is 0.750. The van der Waals surface area contributed by atoms with E-state index < -0.39 is 83.9 Å². The summed E-state index contributed by atoms with van der Waals surface area (Å²) in [6.45, 7) is 12.5. The molecule has 0 unspecified atom stereocenters. The summed E-state index contributed by atoms with van der Waals surface area (Å²) in [5.41, 5.74) is 36.6. The zero-order valence-electron chi connectivity index (χ0n) is 74.2. The van der Waals surface area contributed by atoms with E-state index in [0.717, 1.165) is 83.5 Å². The molecule has 7 rings (SSSR count). The molecule has 5 atom stereocenters. The number of ketones is 4. The highest BCUT2D eigenvalue weighted by Crippen LogP contribution is 2.60. The number of nitrogens with one attached hydrogen (secondary N) is 2. The summed E-state index contributed by atoms with van der Waals surface area (Å²) in [5.74, 6) is -9.09. The third kappa shape index (κ3) is 51.6. The maximum absolute atomic E-state index is 13.0. The summed E-state index contributed by atoms with van der Waals surface area (Å²) in [6, 6.07) is 0. The minimum Gasteiger partial charge on any atom is -0.444 e. The first-order valence-electron chi connectivity index (χ1n) is 43.0. The minimum absolute atomic E-state index is 0. The second kappa shape index (κ2) is 62.2. The molecule has 0 saturated carbocycles. The first-order chi connectivity index (χ1) is 60.5. The Labute approximate surface area is 795 Å². The lowest BCUT2D eigenvalue weighted by molar-refractivity contribution is -0.201. The van der Waals surface area contributed by atoms with Crippen LogP contribution in [0.1, 0.15) is 255 Å². The number of Topliss-reactive ketones (excluding diaryl/α,β-unsaturated/α-hetero) is 4. The number of carbonyl (C=O) groups is 20. The molecular formula is C80H140N14O24S10. The predicted octanol–water partition coefficient (Wildman–Crippen LogP) is 9.40. The first kappa shape index (κ1) is 116. The summed E-state index contributed by atoms with van der Waals surface area (Å²) in [4.78, 5) is 253. The van der Waals surface area contributed by atoms with Crippen LogP contribution in [0.5, 0.6) is 0 Å². The summed E-state index contributed by atoms with van der Waals surface area (Å²) in [6.07, 6.45) is 13.5. The number of hydrogen-bond acceptors (Lipinski definition) is 36. The van der Waals surface area contributed by atoms with Gasteiger partial charge in [-0.3, -0.25) is 76.7 Å². The summed E-state index contributed by atoms with van der Waals surface area (Å²) in [5, 5.41) is 5.42. The number of imide groups is 2. The van der Waals surface area contributed by atoms with Crippen LogP contribution in [0, 0.1) is 29.6 Å². The van der Waals surface area contributed by atoms with Crippen LogP contribution in [0.15, 0.2) is 0 Å². The van der Waals surface area contributed by atoms with Gasteiger partial charge in [0.15, 0.2) is 23.1 Å². The smallest absolute Gasteiger partial charge is 0.407 e. The average molecular weight is 2000 g/mol. The molecule has 0 bridgehead atoms. The van der Waals surface area contributed by atoms with Gasteiger partial charge in [-0.1, -0.05) is 180 Å². The molecule has 7 fully saturated rings. The fourth-order valence-corrected chi connectivity index (χ4v) is 21.7. The molecule has 16 N–H and O–H groups in total. The number of nitrogens with two attached hydrogens (primary N) is 7. The average Bonchev–Trinajstić information content (AvgIpc) is 1.77. The lowest BCUT2D eigenvalue weighted by Crippen LogP contribution is -2.45. The normalized spacial score (nSPS) is 16.3. The van der Waals surface area contributed by atoms with Gasteiger partial charge in [0.2, 0.25) is 47.3 Å². The predicted molar refractivity (Wildman–Crippen MR) is 511 cm³/mol. The number of rotatable bonds is 60. The highest BCUT2D eigenvalue weighted by molar-refractivity contribution is 8.93. The van der Waals surface area contributed by atoms with E-state index in [1.807, 2.05) is 13.8 Å². The third-order valence-electron chi connectivity index (χ3n) is 19.3. The van der Waals surface area contributed by atoms with E-state index in [9.17, 15) is 95.9 Å². The van der Waals surface area contributed by atoms with Crippen LogP contribution < -0.4 is 50.8 Å². The molecule has 48 heteroatoms. The van der Waals surface area contributed by atoms with Crippen LogP contribution in [0.4, 0.5) is 9.59 Å². The lowest BCUT2D eigenvalue weighted by atomic mass is 10.0. The molecule has 7 aliphatic heterocycles. The van der Waals surface area contributed by atoms with E-state index in [1.54, 1.807) is 149 Å². The van der Waals surface area contributed by atoms with Crippen LogP contribution in [0.2, 0.25) is 0 Å². The topological polar surface area (TPSA) is 601 Å². The second-order valence-corrected chi connectivity index (χ2v) is 46.7.